The predicted octanol–water partition coefficient (Wildman–Crippen LogP) is 5.31. The SMILES string of the molecule is COc1cc2c(Nc3ccc(Cl)c(Cl)c3)ncnc2cc1OC[C@@H]1C[C@H]2CNC[C@H]2C1. The molecule has 3 aromatic rings. The summed E-state index contributed by atoms with van der Waals surface area (Å²) >= 11 is 12.2. The Morgan fingerprint density at radius 1 is 1.03 bits per heavy atom. The molecule has 0 radical (unpaired) electrons. The number of nitrogens with zero attached hydrogens (tertiary/aromatic N) is 2. The highest BCUT2D eigenvalue weighted by Crippen LogP contribution is 2.40. The van der Waals surface area contributed by atoms with Gasteiger partial charge in [-0.15, -0.1) is 0 Å². The number of aromatic nitrogens is 2. The van der Waals surface area contributed by atoms with Crippen molar-refractivity contribution in [3.63, 3.8) is 0 Å². The molecule has 1 aliphatic heterocycles. The summed E-state index contributed by atoms with van der Waals surface area (Å²) in [7, 11) is 1.65. The highest BCUT2D eigenvalue weighted by molar-refractivity contribution is 6.42. The Bertz CT molecular complexity index is 1100. The molecule has 1 saturated carbocycles. The second-order valence-corrected chi connectivity index (χ2v) is 9.14. The van der Waals surface area contributed by atoms with Crippen LogP contribution in [-0.4, -0.2) is 36.8 Å². The number of fused-ring (bicyclic) bond motifs is 2. The van der Waals surface area contributed by atoms with Gasteiger partial charge in [-0.1, -0.05) is 23.2 Å². The van der Waals surface area contributed by atoms with Crippen LogP contribution in [0.15, 0.2) is 36.7 Å². The Hall–Kier alpha value is -2.28. The number of rotatable bonds is 6. The van der Waals surface area contributed by atoms with Crippen LogP contribution in [0, 0.1) is 17.8 Å². The molecule has 31 heavy (non-hydrogen) atoms. The number of halogens is 2. The van der Waals surface area contributed by atoms with E-state index in [1.54, 1.807) is 19.2 Å². The molecule has 1 aromatic heterocycles. The topological polar surface area (TPSA) is 68.3 Å². The molecule has 1 aliphatic carbocycles. The first kappa shape index (κ1) is 20.6. The molecule has 2 aliphatic rings. The first-order chi connectivity index (χ1) is 15.1. The van der Waals surface area contributed by atoms with E-state index in [1.165, 1.54) is 19.2 Å². The number of methoxy groups -OCH3 is 1. The van der Waals surface area contributed by atoms with E-state index >= 15 is 0 Å². The number of hydrogen-bond donors (Lipinski definition) is 2. The van der Waals surface area contributed by atoms with E-state index in [9.17, 15) is 0 Å². The molecule has 2 fully saturated rings. The molecule has 2 N–H and O–H groups in total. The van der Waals surface area contributed by atoms with Crippen molar-refractivity contribution in [3.05, 3.63) is 46.7 Å². The van der Waals surface area contributed by atoms with Crippen molar-refractivity contribution in [1.82, 2.24) is 15.3 Å². The lowest BCUT2D eigenvalue weighted by atomic mass is 10.0. The zero-order valence-electron chi connectivity index (χ0n) is 17.2. The van der Waals surface area contributed by atoms with Crippen molar-refractivity contribution in [2.75, 3.05) is 32.1 Å². The molecule has 2 heterocycles. The van der Waals surface area contributed by atoms with Gasteiger partial charge in [-0.3, -0.25) is 0 Å². The number of nitrogens with one attached hydrogen (secondary N) is 2. The molecular weight excluding hydrogens is 435 g/mol. The van der Waals surface area contributed by atoms with Crippen molar-refractivity contribution in [2.45, 2.75) is 12.8 Å². The molecule has 8 heteroatoms. The van der Waals surface area contributed by atoms with Crippen LogP contribution in [-0.2, 0) is 0 Å². The van der Waals surface area contributed by atoms with Gasteiger partial charge in [0.15, 0.2) is 11.5 Å². The average Bonchev–Trinajstić information content (AvgIpc) is 3.36. The van der Waals surface area contributed by atoms with E-state index < -0.39 is 0 Å². The first-order valence-corrected chi connectivity index (χ1v) is 11.2. The molecule has 0 amide bonds. The van der Waals surface area contributed by atoms with Crippen LogP contribution in [0.3, 0.4) is 0 Å². The fourth-order valence-electron chi connectivity index (χ4n) is 4.78. The van der Waals surface area contributed by atoms with Crippen molar-refractivity contribution >= 4 is 45.6 Å². The van der Waals surface area contributed by atoms with Gasteiger partial charge in [-0.05, 0) is 68.0 Å². The van der Waals surface area contributed by atoms with E-state index in [-0.39, 0.29) is 0 Å². The lowest BCUT2D eigenvalue weighted by molar-refractivity contribution is 0.234. The second kappa shape index (κ2) is 8.69. The van der Waals surface area contributed by atoms with Gasteiger partial charge in [0.25, 0.3) is 0 Å². The van der Waals surface area contributed by atoms with Gasteiger partial charge in [-0.25, -0.2) is 9.97 Å². The normalized spacial score (nSPS) is 22.5. The van der Waals surface area contributed by atoms with Crippen LogP contribution in [0.1, 0.15) is 12.8 Å². The molecule has 1 saturated heterocycles. The average molecular weight is 459 g/mol. The van der Waals surface area contributed by atoms with E-state index in [0.29, 0.717) is 39.9 Å². The van der Waals surface area contributed by atoms with Crippen molar-refractivity contribution < 1.29 is 9.47 Å². The van der Waals surface area contributed by atoms with E-state index in [2.05, 4.69) is 20.6 Å². The minimum Gasteiger partial charge on any atom is -0.493 e. The number of anilines is 2. The quantitative estimate of drug-likeness (QED) is 0.521. The number of hydrogen-bond acceptors (Lipinski definition) is 6. The van der Waals surface area contributed by atoms with Gasteiger partial charge in [0.1, 0.15) is 12.1 Å². The maximum absolute atomic E-state index is 6.21. The highest BCUT2D eigenvalue weighted by atomic mass is 35.5. The van der Waals surface area contributed by atoms with Crippen molar-refractivity contribution in [2.24, 2.45) is 17.8 Å². The fraction of sp³-hybridized carbons (Fsp3) is 0.391. The Balaban J connectivity index is 1.37. The van der Waals surface area contributed by atoms with Crippen LogP contribution in [0.5, 0.6) is 11.5 Å². The Labute approximate surface area is 191 Å². The minimum absolute atomic E-state index is 0.477. The molecular formula is C23H24Cl2N4O2. The largest absolute Gasteiger partial charge is 0.493 e. The first-order valence-electron chi connectivity index (χ1n) is 10.5. The molecule has 162 valence electrons. The lowest BCUT2D eigenvalue weighted by Crippen LogP contribution is -2.15. The third kappa shape index (κ3) is 4.25. The summed E-state index contributed by atoms with van der Waals surface area (Å²) in [5.41, 5.74) is 1.57. The zero-order valence-corrected chi connectivity index (χ0v) is 18.7. The Kier molecular flexibility index (Phi) is 5.78. The maximum Gasteiger partial charge on any atom is 0.163 e. The molecule has 6 nitrogen and oxygen atoms in total. The third-order valence-electron chi connectivity index (χ3n) is 6.33. The predicted molar refractivity (Wildman–Crippen MR) is 124 cm³/mol. The summed E-state index contributed by atoms with van der Waals surface area (Å²) in [5.74, 6) is 4.23. The van der Waals surface area contributed by atoms with Gasteiger partial charge in [0.2, 0.25) is 0 Å². The molecule has 3 atom stereocenters. The molecule has 0 bridgehead atoms. The van der Waals surface area contributed by atoms with Crippen molar-refractivity contribution in [1.29, 1.82) is 0 Å². The summed E-state index contributed by atoms with van der Waals surface area (Å²) in [6, 6.07) is 9.20. The van der Waals surface area contributed by atoms with Crippen molar-refractivity contribution in [3.8, 4) is 11.5 Å². The van der Waals surface area contributed by atoms with Crippen LogP contribution in [0.4, 0.5) is 11.5 Å². The monoisotopic (exact) mass is 458 g/mol. The summed E-state index contributed by atoms with van der Waals surface area (Å²) < 4.78 is 11.8. The van der Waals surface area contributed by atoms with E-state index in [1.807, 2.05) is 18.2 Å². The molecule has 0 spiro atoms. The highest BCUT2D eigenvalue weighted by Gasteiger charge is 2.37. The minimum atomic E-state index is 0.477. The van der Waals surface area contributed by atoms with Crippen LogP contribution in [0.25, 0.3) is 10.9 Å². The van der Waals surface area contributed by atoms with E-state index in [0.717, 1.165) is 41.5 Å². The molecule has 2 aromatic carbocycles. The lowest BCUT2D eigenvalue weighted by Gasteiger charge is -2.16. The van der Waals surface area contributed by atoms with Gasteiger partial charge >= 0.3 is 0 Å². The van der Waals surface area contributed by atoms with Crippen LogP contribution in [0.2, 0.25) is 10.0 Å². The summed E-state index contributed by atoms with van der Waals surface area (Å²) in [6.07, 6.45) is 3.99. The Morgan fingerprint density at radius 2 is 1.84 bits per heavy atom. The maximum atomic E-state index is 6.21. The fourth-order valence-corrected chi connectivity index (χ4v) is 5.08. The summed E-state index contributed by atoms with van der Waals surface area (Å²) in [5, 5.41) is 8.59. The van der Waals surface area contributed by atoms with Crippen LogP contribution < -0.4 is 20.1 Å². The summed E-state index contributed by atoms with van der Waals surface area (Å²) in [4.78, 5) is 8.84. The van der Waals surface area contributed by atoms with Gasteiger partial charge in [-0.2, -0.15) is 0 Å². The van der Waals surface area contributed by atoms with Gasteiger partial charge in [0.05, 0.1) is 29.3 Å². The van der Waals surface area contributed by atoms with Gasteiger partial charge < -0.3 is 20.1 Å². The van der Waals surface area contributed by atoms with Gasteiger partial charge in [0, 0.05) is 17.1 Å². The number of ether oxygens (including phenoxy) is 2. The van der Waals surface area contributed by atoms with E-state index in [4.69, 9.17) is 32.7 Å². The standard InChI is InChI=1S/C23H24Cl2N4O2/c1-30-21-7-17-20(8-22(21)31-11-13-4-14-9-26-10-15(14)5-13)27-12-28-23(17)29-16-2-3-18(24)19(25)6-16/h2-3,6-8,12-15,26H,4-5,9-11H2,1H3,(H,27,28,29)/t13-,14+,15-. The molecule has 0 unspecified atom stereocenters. The smallest absolute Gasteiger partial charge is 0.163 e. The molecule has 5 rings (SSSR count). The second-order valence-electron chi connectivity index (χ2n) is 8.32. The third-order valence-corrected chi connectivity index (χ3v) is 7.07. The number of benzene rings is 2. The Morgan fingerprint density at radius 3 is 2.58 bits per heavy atom. The zero-order chi connectivity index (χ0) is 21.4. The summed E-state index contributed by atoms with van der Waals surface area (Å²) in [6.45, 7) is 2.99. The van der Waals surface area contributed by atoms with Crippen LogP contribution >= 0.6 is 23.2 Å².